The van der Waals surface area contributed by atoms with Crippen LogP contribution >= 0.6 is 0 Å². The third kappa shape index (κ3) is 3.90. The van der Waals surface area contributed by atoms with Crippen molar-refractivity contribution in [1.29, 1.82) is 0 Å². The fraction of sp³-hybridized carbons (Fsp3) is 0.652. The first-order valence-electron chi connectivity index (χ1n) is 10.5. The first kappa shape index (κ1) is 18.5. The van der Waals surface area contributed by atoms with Crippen molar-refractivity contribution in [2.45, 2.75) is 70.9 Å². The van der Waals surface area contributed by atoms with Crippen molar-refractivity contribution < 1.29 is 14.3 Å². The molecule has 1 aromatic carbocycles. The van der Waals surface area contributed by atoms with Gasteiger partial charge in [-0.15, -0.1) is 0 Å². The zero-order chi connectivity index (χ0) is 19.0. The first-order valence-corrected chi connectivity index (χ1v) is 10.5. The zero-order valence-corrected chi connectivity index (χ0v) is 16.4. The van der Waals surface area contributed by atoms with E-state index < -0.39 is 0 Å². The Morgan fingerprint density at radius 2 is 1.59 bits per heavy atom. The molecule has 4 aliphatic rings. The average molecular weight is 370 g/mol. The molecular weight excluding hydrogens is 338 g/mol. The van der Waals surface area contributed by atoms with E-state index >= 15 is 0 Å². The van der Waals surface area contributed by atoms with Crippen LogP contribution in [0.4, 0.5) is 0 Å². The first-order chi connectivity index (χ1) is 12.9. The van der Waals surface area contributed by atoms with Crippen LogP contribution in [0.15, 0.2) is 30.3 Å². The van der Waals surface area contributed by atoms with Gasteiger partial charge in [-0.3, -0.25) is 9.59 Å². The summed E-state index contributed by atoms with van der Waals surface area (Å²) in [6.07, 6.45) is 7.07. The van der Waals surface area contributed by atoms with Crippen LogP contribution in [-0.2, 0) is 14.3 Å². The van der Waals surface area contributed by atoms with E-state index in [2.05, 4.69) is 5.32 Å². The van der Waals surface area contributed by atoms with Gasteiger partial charge >= 0.3 is 5.97 Å². The van der Waals surface area contributed by atoms with Gasteiger partial charge in [-0.1, -0.05) is 30.3 Å². The maximum absolute atomic E-state index is 13.4. The highest BCUT2D eigenvalue weighted by Crippen LogP contribution is 2.60. The molecule has 0 aromatic heterocycles. The summed E-state index contributed by atoms with van der Waals surface area (Å²) >= 11 is 0. The van der Waals surface area contributed by atoms with Crippen LogP contribution < -0.4 is 5.32 Å². The van der Waals surface area contributed by atoms with E-state index in [1.54, 1.807) is 0 Å². The fourth-order valence-corrected chi connectivity index (χ4v) is 6.12. The topological polar surface area (TPSA) is 55.4 Å². The van der Waals surface area contributed by atoms with E-state index in [0.717, 1.165) is 42.6 Å². The molecule has 0 aliphatic heterocycles. The number of carbonyl (C=O) groups excluding carboxylic acids is 2. The van der Waals surface area contributed by atoms with Gasteiger partial charge in [-0.2, -0.15) is 0 Å². The number of amides is 1. The molecule has 146 valence electrons. The highest BCUT2D eigenvalue weighted by atomic mass is 16.5. The van der Waals surface area contributed by atoms with Crippen LogP contribution in [0.25, 0.3) is 0 Å². The SMILES string of the molecule is CC(C)OC(=O)CC(NC(=O)C12CC3CC(CC(C3)C1)C2)c1ccccc1. The van der Waals surface area contributed by atoms with E-state index in [4.69, 9.17) is 4.74 Å². The summed E-state index contributed by atoms with van der Waals surface area (Å²) in [4.78, 5) is 25.7. The lowest BCUT2D eigenvalue weighted by molar-refractivity contribution is -0.150. The number of rotatable bonds is 6. The fourth-order valence-electron chi connectivity index (χ4n) is 6.12. The van der Waals surface area contributed by atoms with Crippen molar-refractivity contribution in [2.24, 2.45) is 23.2 Å². The molecule has 1 atom stereocenters. The Balaban J connectivity index is 1.51. The molecule has 4 fully saturated rings. The monoisotopic (exact) mass is 369 g/mol. The molecule has 1 amide bonds. The predicted molar refractivity (Wildman–Crippen MR) is 104 cm³/mol. The number of hydrogen-bond acceptors (Lipinski definition) is 3. The Kier molecular flexibility index (Phi) is 5.00. The molecule has 4 nitrogen and oxygen atoms in total. The van der Waals surface area contributed by atoms with E-state index in [-0.39, 0.29) is 35.9 Å². The number of benzene rings is 1. The molecular formula is C23H31NO3. The summed E-state index contributed by atoms with van der Waals surface area (Å²) in [5, 5.41) is 3.25. The Morgan fingerprint density at radius 1 is 1.04 bits per heavy atom. The predicted octanol–water partition coefficient (Wildman–Crippen LogP) is 4.40. The van der Waals surface area contributed by atoms with Gasteiger partial charge in [-0.05, 0) is 75.7 Å². The molecule has 0 radical (unpaired) electrons. The van der Waals surface area contributed by atoms with E-state index in [1.165, 1.54) is 19.3 Å². The Hall–Kier alpha value is -1.84. The van der Waals surface area contributed by atoms with Gasteiger partial charge in [0.1, 0.15) is 0 Å². The van der Waals surface area contributed by atoms with Crippen molar-refractivity contribution in [2.75, 3.05) is 0 Å². The van der Waals surface area contributed by atoms with Crippen molar-refractivity contribution in [1.82, 2.24) is 5.32 Å². The molecule has 1 N–H and O–H groups in total. The van der Waals surface area contributed by atoms with Crippen molar-refractivity contribution in [3.8, 4) is 0 Å². The Labute approximate surface area is 162 Å². The summed E-state index contributed by atoms with van der Waals surface area (Å²) in [6.45, 7) is 3.70. The number of esters is 1. The lowest BCUT2D eigenvalue weighted by atomic mass is 9.49. The van der Waals surface area contributed by atoms with Crippen LogP contribution in [0.2, 0.25) is 0 Å². The summed E-state index contributed by atoms with van der Waals surface area (Å²) in [7, 11) is 0. The van der Waals surface area contributed by atoms with Crippen molar-refractivity contribution in [3.63, 3.8) is 0 Å². The maximum atomic E-state index is 13.4. The summed E-state index contributed by atoms with van der Waals surface area (Å²) in [6, 6.07) is 9.49. The smallest absolute Gasteiger partial charge is 0.308 e. The Morgan fingerprint density at radius 3 is 2.11 bits per heavy atom. The second kappa shape index (κ2) is 7.29. The molecule has 5 rings (SSSR count). The molecule has 4 bridgehead atoms. The third-order valence-electron chi connectivity index (χ3n) is 6.77. The van der Waals surface area contributed by atoms with Crippen LogP contribution in [0.5, 0.6) is 0 Å². The normalized spacial score (nSPS) is 32.3. The highest BCUT2D eigenvalue weighted by Gasteiger charge is 2.54. The quantitative estimate of drug-likeness (QED) is 0.756. The van der Waals surface area contributed by atoms with E-state index in [9.17, 15) is 9.59 Å². The largest absolute Gasteiger partial charge is 0.463 e. The van der Waals surface area contributed by atoms with Crippen LogP contribution in [0.1, 0.15) is 70.4 Å². The molecule has 0 heterocycles. The molecule has 1 aromatic rings. The van der Waals surface area contributed by atoms with Gasteiger partial charge in [0.25, 0.3) is 0 Å². The Bertz CT molecular complexity index is 662. The summed E-state index contributed by atoms with van der Waals surface area (Å²) in [5.74, 6) is 2.08. The van der Waals surface area contributed by atoms with Crippen LogP contribution in [-0.4, -0.2) is 18.0 Å². The average Bonchev–Trinajstić information content (AvgIpc) is 2.60. The van der Waals surface area contributed by atoms with Gasteiger partial charge in [0.2, 0.25) is 5.91 Å². The molecule has 4 heteroatoms. The van der Waals surface area contributed by atoms with Gasteiger partial charge in [0, 0.05) is 5.41 Å². The minimum absolute atomic E-state index is 0.146. The van der Waals surface area contributed by atoms with Gasteiger partial charge < -0.3 is 10.1 Å². The third-order valence-corrected chi connectivity index (χ3v) is 6.77. The maximum Gasteiger partial charge on any atom is 0.308 e. The number of hydrogen-bond donors (Lipinski definition) is 1. The van der Waals surface area contributed by atoms with Gasteiger partial charge in [-0.25, -0.2) is 0 Å². The molecule has 4 aliphatic carbocycles. The minimum atomic E-state index is -0.321. The molecule has 1 unspecified atom stereocenters. The lowest BCUT2D eigenvalue weighted by Crippen LogP contribution is -2.54. The number of carbonyl (C=O) groups is 2. The highest BCUT2D eigenvalue weighted by molar-refractivity contribution is 5.84. The number of ether oxygens (including phenoxy) is 1. The van der Waals surface area contributed by atoms with Crippen LogP contribution in [0.3, 0.4) is 0 Å². The standard InChI is InChI=1S/C23H31NO3/c1-15(2)27-21(25)11-20(19-6-4-3-5-7-19)24-22(26)23-12-16-8-17(13-23)10-18(9-16)14-23/h3-7,15-18,20H,8-14H2,1-2H3,(H,24,26). The number of nitrogens with one attached hydrogen (secondary N) is 1. The molecule has 0 spiro atoms. The molecule has 4 saturated carbocycles. The van der Waals surface area contributed by atoms with Crippen molar-refractivity contribution >= 4 is 11.9 Å². The van der Waals surface area contributed by atoms with Gasteiger partial charge in [0.05, 0.1) is 18.6 Å². The zero-order valence-electron chi connectivity index (χ0n) is 16.4. The minimum Gasteiger partial charge on any atom is -0.463 e. The van der Waals surface area contributed by atoms with Crippen LogP contribution in [0, 0.1) is 23.2 Å². The summed E-state index contributed by atoms with van der Waals surface area (Å²) < 4.78 is 5.34. The molecule has 27 heavy (non-hydrogen) atoms. The second-order valence-electron chi connectivity index (χ2n) is 9.38. The second-order valence-corrected chi connectivity index (χ2v) is 9.38. The van der Waals surface area contributed by atoms with Gasteiger partial charge in [0.15, 0.2) is 0 Å². The summed E-state index contributed by atoms with van der Waals surface area (Å²) in [5.41, 5.74) is 0.764. The van der Waals surface area contributed by atoms with E-state index in [1.807, 2.05) is 44.2 Å². The molecule has 0 saturated heterocycles. The van der Waals surface area contributed by atoms with E-state index in [0.29, 0.717) is 0 Å². The lowest BCUT2D eigenvalue weighted by Gasteiger charge is -2.55. The van der Waals surface area contributed by atoms with Crippen molar-refractivity contribution in [3.05, 3.63) is 35.9 Å².